The fourth-order valence-electron chi connectivity index (χ4n) is 3.59. The molecule has 0 radical (unpaired) electrons. The number of hydrogen-bond donors (Lipinski definition) is 2. The molecule has 0 aromatic rings. The first kappa shape index (κ1) is 14.4. The number of carbonyl (C=O) groups is 2. The Kier molecular flexibility index (Phi) is 3.19. The highest BCUT2D eigenvalue weighted by Gasteiger charge is 2.65. The predicted molar refractivity (Wildman–Crippen MR) is 72.6 cm³/mol. The van der Waals surface area contributed by atoms with E-state index in [-0.39, 0.29) is 29.2 Å². The predicted octanol–water partition coefficient (Wildman–Crippen LogP) is 2.57. The molecular formula is C15H25NO3. The van der Waals surface area contributed by atoms with Crippen LogP contribution in [0.4, 0.5) is 0 Å². The van der Waals surface area contributed by atoms with Crippen LogP contribution >= 0.6 is 0 Å². The zero-order valence-electron chi connectivity index (χ0n) is 12.4. The topological polar surface area (TPSA) is 66.4 Å². The molecule has 0 aromatic carbocycles. The number of hydrogen-bond acceptors (Lipinski definition) is 2. The van der Waals surface area contributed by atoms with E-state index in [0.717, 1.165) is 12.8 Å². The summed E-state index contributed by atoms with van der Waals surface area (Å²) in [6.45, 7) is 8.56. The van der Waals surface area contributed by atoms with Crippen LogP contribution in [0.3, 0.4) is 0 Å². The summed E-state index contributed by atoms with van der Waals surface area (Å²) in [6, 6.07) is 0.153. The fourth-order valence-corrected chi connectivity index (χ4v) is 3.59. The van der Waals surface area contributed by atoms with Gasteiger partial charge in [-0.15, -0.1) is 0 Å². The Bertz CT molecular complexity index is 392. The van der Waals surface area contributed by atoms with Crippen molar-refractivity contribution in [3.05, 3.63) is 0 Å². The van der Waals surface area contributed by atoms with Crippen molar-refractivity contribution in [2.75, 3.05) is 0 Å². The SMILES string of the molecule is CC1(C)C(NC(=O)CC2(C(=O)O)CCCC2)C1(C)C. The molecule has 2 N–H and O–H groups in total. The van der Waals surface area contributed by atoms with Gasteiger partial charge in [-0.3, -0.25) is 9.59 Å². The van der Waals surface area contributed by atoms with Crippen LogP contribution < -0.4 is 5.32 Å². The lowest BCUT2D eigenvalue weighted by molar-refractivity contribution is -0.151. The van der Waals surface area contributed by atoms with Crippen molar-refractivity contribution in [3.63, 3.8) is 0 Å². The molecule has 19 heavy (non-hydrogen) atoms. The Morgan fingerprint density at radius 3 is 1.95 bits per heavy atom. The van der Waals surface area contributed by atoms with Gasteiger partial charge in [-0.2, -0.15) is 0 Å². The third-order valence-electron chi connectivity index (χ3n) is 5.84. The van der Waals surface area contributed by atoms with E-state index >= 15 is 0 Å². The molecule has 1 amide bonds. The van der Waals surface area contributed by atoms with Crippen LogP contribution in [0.25, 0.3) is 0 Å². The molecule has 0 heterocycles. The first-order valence-corrected chi connectivity index (χ1v) is 7.16. The van der Waals surface area contributed by atoms with Gasteiger partial charge in [-0.25, -0.2) is 0 Å². The summed E-state index contributed by atoms with van der Waals surface area (Å²) in [6.07, 6.45) is 3.23. The molecule has 0 atom stereocenters. The maximum atomic E-state index is 12.2. The Morgan fingerprint density at radius 2 is 1.58 bits per heavy atom. The van der Waals surface area contributed by atoms with Gasteiger partial charge in [-0.1, -0.05) is 40.5 Å². The molecule has 0 spiro atoms. The molecule has 0 unspecified atom stereocenters. The number of nitrogens with one attached hydrogen (secondary N) is 1. The highest BCUT2D eigenvalue weighted by molar-refractivity contribution is 5.85. The minimum atomic E-state index is -0.812. The lowest BCUT2D eigenvalue weighted by atomic mass is 9.82. The molecule has 0 saturated heterocycles. The van der Waals surface area contributed by atoms with E-state index in [2.05, 4.69) is 33.0 Å². The Morgan fingerprint density at radius 1 is 1.11 bits per heavy atom. The maximum Gasteiger partial charge on any atom is 0.310 e. The van der Waals surface area contributed by atoms with E-state index in [1.165, 1.54) is 0 Å². The number of aliphatic carboxylic acids is 1. The van der Waals surface area contributed by atoms with Gasteiger partial charge in [-0.05, 0) is 23.7 Å². The van der Waals surface area contributed by atoms with Crippen LogP contribution in [0, 0.1) is 16.2 Å². The zero-order chi connectivity index (χ0) is 14.5. The number of carbonyl (C=O) groups excluding carboxylic acids is 1. The van der Waals surface area contributed by atoms with Crippen molar-refractivity contribution in [2.24, 2.45) is 16.2 Å². The first-order valence-electron chi connectivity index (χ1n) is 7.16. The van der Waals surface area contributed by atoms with E-state index in [0.29, 0.717) is 12.8 Å². The van der Waals surface area contributed by atoms with Gasteiger partial charge in [0, 0.05) is 12.5 Å². The number of carboxylic acids is 1. The molecule has 0 aromatic heterocycles. The van der Waals surface area contributed by atoms with Gasteiger partial charge < -0.3 is 10.4 Å². The minimum absolute atomic E-state index is 0.0920. The van der Waals surface area contributed by atoms with Crippen molar-refractivity contribution in [1.29, 1.82) is 0 Å². The number of amides is 1. The maximum absolute atomic E-state index is 12.2. The van der Waals surface area contributed by atoms with Crippen molar-refractivity contribution >= 4 is 11.9 Å². The summed E-state index contributed by atoms with van der Waals surface area (Å²) in [5, 5.41) is 12.4. The second-order valence-electron chi connectivity index (χ2n) is 7.41. The third kappa shape index (κ3) is 2.15. The summed E-state index contributed by atoms with van der Waals surface area (Å²) in [5.41, 5.74) is -0.628. The Hall–Kier alpha value is -1.06. The lowest BCUT2D eigenvalue weighted by Crippen LogP contribution is -2.38. The van der Waals surface area contributed by atoms with Gasteiger partial charge in [0.2, 0.25) is 5.91 Å². The average molecular weight is 267 g/mol. The van der Waals surface area contributed by atoms with Crippen LogP contribution in [0.15, 0.2) is 0 Å². The summed E-state index contributed by atoms with van der Waals surface area (Å²) in [4.78, 5) is 23.6. The fraction of sp³-hybridized carbons (Fsp3) is 0.867. The van der Waals surface area contributed by atoms with Gasteiger partial charge in [0.1, 0.15) is 0 Å². The Balaban J connectivity index is 1.97. The summed E-state index contributed by atoms with van der Waals surface area (Å²) in [5.74, 6) is -0.914. The van der Waals surface area contributed by atoms with E-state index in [4.69, 9.17) is 0 Å². The van der Waals surface area contributed by atoms with Gasteiger partial charge in [0.05, 0.1) is 5.41 Å². The van der Waals surface area contributed by atoms with Crippen molar-refractivity contribution in [1.82, 2.24) is 5.32 Å². The molecule has 2 aliphatic rings. The molecule has 0 aliphatic heterocycles. The molecule has 4 nitrogen and oxygen atoms in total. The normalized spacial score (nSPS) is 26.9. The summed E-state index contributed by atoms with van der Waals surface area (Å²) >= 11 is 0. The third-order valence-corrected chi connectivity index (χ3v) is 5.84. The van der Waals surface area contributed by atoms with Crippen LogP contribution in [0.5, 0.6) is 0 Å². The highest BCUT2D eigenvalue weighted by atomic mass is 16.4. The zero-order valence-corrected chi connectivity index (χ0v) is 12.4. The Labute approximate surface area is 115 Å². The van der Waals surface area contributed by atoms with Crippen LogP contribution in [-0.4, -0.2) is 23.0 Å². The van der Waals surface area contributed by atoms with E-state index in [1.54, 1.807) is 0 Å². The minimum Gasteiger partial charge on any atom is -0.481 e. The van der Waals surface area contributed by atoms with Crippen molar-refractivity contribution in [2.45, 2.75) is 65.8 Å². The second kappa shape index (κ2) is 4.22. The first-order chi connectivity index (χ1) is 8.63. The monoisotopic (exact) mass is 267 g/mol. The van der Waals surface area contributed by atoms with E-state index in [1.807, 2.05) is 0 Å². The molecule has 4 heteroatoms. The largest absolute Gasteiger partial charge is 0.481 e. The number of rotatable bonds is 4. The van der Waals surface area contributed by atoms with E-state index < -0.39 is 11.4 Å². The quantitative estimate of drug-likeness (QED) is 0.822. The van der Waals surface area contributed by atoms with Crippen LogP contribution in [0.2, 0.25) is 0 Å². The summed E-state index contributed by atoms with van der Waals surface area (Å²) in [7, 11) is 0. The smallest absolute Gasteiger partial charge is 0.310 e. The second-order valence-corrected chi connectivity index (χ2v) is 7.41. The van der Waals surface area contributed by atoms with Crippen LogP contribution in [0.1, 0.15) is 59.8 Å². The standard InChI is InChI=1S/C15H25NO3/c1-13(2)11(14(13,3)4)16-10(17)9-15(12(18)19)7-5-6-8-15/h11H,5-9H2,1-4H3,(H,16,17)(H,18,19). The summed E-state index contributed by atoms with van der Waals surface area (Å²) < 4.78 is 0. The van der Waals surface area contributed by atoms with E-state index in [9.17, 15) is 14.7 Å². The molecule has 0 bridgehead atoms. The average Bonchev–Trinajstić information content (AvgIpc) is 2.71. The van der Waals surface area contributed by atoms with Crippen LogP contribution in [-0.2, 0) is 9.59 Å². The molecular weight excluding hydrogens is 242 g/mol. The molecule has 2 aliphatic carbocycles. The highest BCUT2D eigenvalue weighted by Crippen LogP contribution is 2.62. The molecule has 108 valence electrons. The van der Waals surface area contributed by atoms with Gasteiger partial charge in [0.15, 0.2) is 0 Å². The lowest BCUT2D eigenvalue weighted by Gasteiger charge is -2.23. The molecule has 2 fully saturated rings. The van der Waals surface area contributed by atoms with Gasteiger partial charge >= 0.3 is 5.97 Å². The number of carboxylic acid groups (broad SMARTS) is 1. The van der Waals surface area contributed by atoms with Crippen molar-refractivity contribution < 1.29 is 14.7 Å². The molecule has 2 saturated carbocycles. The van der Waals surface area contributed by atoms with Gasteiger partial charge in [0.25, 0.3) is 0 Å². The molecule has 2 rings (SSSR count). The van der Waals surface area contributed by atoms with Crippen molar-refractivity contribution in [3.8, 4) is 0 Å².